The number of amides is 1. The minimum atomic E-state index is -0.263. The molecule has 0 aliphatic carbocycles. The highest BCUT2D eigenvalue weighted by Crippen LogP contribution is 2.28. The highest BCUT2D eigenvalue weighted by molar-refractivity contribution is 6.17. The molecule has 0 radical (unpaired) electrons. The second-order valence-corrected chi connectivity index (χ2v) is 6.35. The van der Waals surface area contributed by atoms with Gasteiger partial charge in [0.15, 0.2) is 0 Å². The van der Waals surface area contributed by atoms with Crippen LogP contribution in [0, 0.1) is 5.41 Å². The number of hydrogen-bond donors (Lipinski definition) is 2. The van der Waals surface area contributed by atoms with Crippen LogP contribution in [0.15, 0.2) is 36.4 Å². The summed E-state index contributed by atoms with van der Waals surface area (Å²) in [6.07, 6.45) is 0.818. The molecule has 2 N–H and O–H groups in total. The van der Waals surface area contributed by atoms with Crippen molar-refractivity contribution in [2.24, 2.45) is 5.41 Å². The number of fused-ring (bicyclic) bond motifs is 1. The number of phenolic OH excluding ortho intramolecular Hbond substituents is 1. The second-order valence-electron chi connectivity index (χ2n) is 5.97. The Bertz CT molecular complexity index is 652. The van der Waals surface area contributed by atoms with Crippen LogP contribution in [0.25, 0.3) is 10.8 Å². The van der Waals surface area contributed by atoms with Crippen molar-refractivity contribution in [3.05, 3.63) is 42.0 Å². The number of carbonyl (C=O) groups excluding carboxylic acids is 1. The van der Waals surface area contributed by atoms with Crippen molar-refractivity contribution < 1.29 is 9.90 Å². The molecule has 0 aromatic heterocycles. The van der Waals surface area contributed by atoms with Gasteiger partial charge in [0.05, 0.1) is 5.56 Å². The summed E-state index contributed by atoms with van der Waals surface area (Å²) in [6.45, 7) is 4.62. The Hall–Kier alpha value is -1.74. The molecule has 0 saturated carbocycles. The zero-order valence-electron chi connectivity index (χ0n) is 12.3. The number of alkyl halides is 1. The number of carbonyl (C=O) groups is 1. The third-order valence-electron chi connectivity index (χ3n) is 3.64. The van der Waals surface area contributed by atoms with Crippen molar-refractivity contribution in [2.45, 2.75) is 20.3 Å². The molecule has 0 heterocycles. The van der Waals surface area contributed by atoms with E-state index in [1.807, 2.05) is 24.3 Å². The lowest BCUT2D eigenvalue weighted by Gasteiger charge is -2.23. The van der Waals surface area contributed by atoms with Gasteiger partial charge >= 0.3 is 0 Å². The molecule has 112 valence electrons. The number of phenols is 1. The zero-order valence-corrected chi connectivity index (χ0v) is 13.1. The summed E-state index contributed by atoms with van der Waals surface area (Å²) in [5, 5.41) is 14.7. The third kappa shape index (κ3) is 3.67. The molecule has 3 nitrogen and oxygen atoms in total. The van der Waals surface area contributed by atoms with Gasteiger partial charge < -0.3 is 10.4 Å². The van der Waals surface area contributed by atoms with E-state index in [0.717, 1.165) is 11.8 Å². The lowest BCUT2D eigenvalue weighted by atomic mass is 9.90. The van der Waals surface area contributed by atoms with Gasteiger partial charge in [-0.05, 0) is 23.3 Å². The molecule has 0 fully saturated rings. The molecule has 0 aliphatic heterocycles. The Morgan fingerprint density at radius 1 is 1.24 bits per heavy atom. The summed E-state index contributed by atoms with van der Waals surface area (Å²) in [7, 11) is 0. The minimum absolute atomic E-state index is 0.0285. The molecule has 0 aliphatic rings. The molecule has 2 aromatic rings. The Morgan fingerprint density at radius 2 is 1.95 bits per heavy atom. The van der Waals surface area contributed by atoms with Gasteiger partial charge in [-0.25, -0.2) is 0 Å². The molecule has 0 unspecified atom stereocenters. The molecular formula is C17H20ClNO2. The van der Waals surface area contributed by atoms with Crippen molar-refractivity contribution in [2.75, 3.05) is 12.4 Å². The van der Waals surface area contributed by atoms with Crippen molar-refractivity contribution in [3.63, 3.8) is 0 Å². The van der Waals surface area contributed by atoms with Crippen LogP contribution in [0.3, 0.4) is 0 Å². The molecule has 4 heteroatoms. The lowest BCUT2D eigenvalue weighted by molar-refractivity contribution is 0.0933. The quantitative estimate of drug-likeness (QED) is 0.822. The fraction of sp³-hybridized carbons (Fsp3) is 0.353. The average molecular weight is 306 g/mol. The van der Waals surface area contributed by atoms with Gasteiger partial charge in [0.2, 0.25) is 0 Å². The summed E-state index contributed by atoms with van der Waals surface area (Å²) in [5.74, 6) is 0.325. The van der Waals surface area contributed by atoms with Crippen LogP contribution in [-0.4, -0.2) is 23.4 Å². The smallest absolute Gasteiger partial charge is 0.255 e. The number of hydrogen-bond acceptors (Lipinski definition) is 2. The fourth-order valence-corrected chi connectivity index (χ4v) is 2.71. The summed E-state index contributed by atoms with van der Waals surface area (Å²) in [5.41, 5.74) is 0.236. The van der Waals surface area contributed by atoms with Gasteiger partial charge in [-0.15, -0.1) is 11.6 Å². The standard InChI is InChI=1S/C17H20ClNO2/c1-17(2,9-10-18)11-19-16(21)14-8-7-12-5-3-4-6-13(12)15(14)20/h3-8,20H,9-11H2,1-2H3,(H,19,21). The Kier molecular flexibility index (Phi) is 4.73. The van der Waals surface area contributed by atoms with E-state index in [0.29, 0.717) is 23.4 Å². The summed E-state index contributed by atoms with van der Waals surface area (Å²) in [4.78, 5) is 12.3. The largest absolute Gasteiger partial charge is 0.506 e. The van der Waals surface area contributed by atoms with Gasteiger partial charge in [-0.3, -0.25) is 4.79 Å². The van der Waals surface area contributed by atoms with Gasteiger partial charge in [0, 0.05) is 17.8 Å². The van der Waals surface area contributed by atoms with Crippen LogP contribution in [0.4, 0.5) is 0 Å². The lowest BCUT2D eigenvalue weighted by Crippen LogP contribution is -2.34. The number of halogens is 1. The molecule has 2 rings (SSSR count). The van der Waals surface area contributed by atoms with E-state index in [4.69, 9.17) is 11.6 Å². The topological polar surface area (TPSA) is 49.3 Å². The first-order chi connectivity index (χ1) is 9.94. The molecule has 2 aromatic carbocycles. The van der Waals surface area contributed by atoms with Crippen molar-refractivity contribution in [3.8, 4) is 5.75 Å². The van der Waals surface area contributed by atoms with Crippen molar-refractivity contribution >= 4 is 28.3 Å². The SMILES string of the molecule is CC(C)(CCCl)CNC(=O)c1ccc2ccccc2c1O. The third-order valence-corrected chi connectivity index (χ3v) is 3.83. The van der Waals surface area contributed by atoms with Crippen LogP contribution >= 0.6 is 11.6 Å². The molecule has 1 amide bonds. The minimum Gasteiger partial charge on any atom is -0.506 e. The van der Waals surface area contributed by atoms with Crippen LogP contribution in [-0.2, 0) is 0 Å². The molecule has 0 saturated heterocycles. The van der Waals surface area contributed by atoms with E-state index in [1.54, 1.807) is 12.1 Å². The maximum Gasteiger partial charge on any atom is 0.255 e. The van der Waals surface area contributed by atoms with Crippen LogP contribution in [0.1, 0.15) is 30.6 Å². The van der Waals surface area contributed by atoms with E-state index >= 15 is 0 Å². The van der Waals surface area contributed by atoms with E-state index < -0.39 is 0 Å². The average Bonchev–Trinajstić information content (AvgIpc) is 2.45. The van der Waals surface area contributed by atoms with E-state index in [2.05, 4.69) is 19.2 Å². The predicted molar refractivity (Wildman–Crippen MR) is 87.1 cm³/mol. The Balaban J connectivity index is 2.18. The summed E-state index contributed by atoms with van der Waals surface area (Å²) in [6, 6.07) is 10.9. The number of rotatable bonds is 5. The molecule has 21 heavy (non-hydrogen) atoms. The Morgan fingerprint density at radius 3 is 2.67 bits per heavy atom. The highest BCUT2D eigenvalue weighted by atomic mass is 35.5. The normalized spacial score (nSPS) is 11.6. The van der Waals surface area contributed by atoms with Gasteiger partial charge in [0.1, 0.15) is 5.75 Å². The first-order valence-electron chi connectivity index (χ1n) is 6.99. The summed E-state index contributed by atoms with van der Waals surface area (Å²) >= 11 is 5.76. The van der Waals surface area contributed by atoms with E-state index in [9.17, 15) is 9.90 Å². The first-order valence-corrected chi connectivity index (χ1v) is 7.53. The molecular weight excluding hydrogens is 286 g/mol. The highest BCUT2D eigenvalue weighted by Gasteiger charge is 2.20. The monoisotopic (exact) mass is 305 g/mol. The second kappa shape index (κ2) is 6.35. The predicted octanol–water partition coefficient (Wildman–Crippen LogP) is 3.93. The first kappa shape index (κ1) is 15.6. The maximum atomic E-state index is 12.3. The van der Waals surface area contributed by atoms with Gasteiger partial charge in [0.25, 0.3) is 5.91 Å². The summed E-state index contributed by atoms with van der Waals surface area (Å²) < 4.78 is 0. The van der Waals surface area contributed by atoms with E-state index in [-0.39, 0.29) is 17.1 Å². The zero-order chi connectivity index (χ0) is 15.5. The van der Waals surface area contributed by atoms with Crippen LogP contribution < -0.4 is 5.32 Å². The van der Waals surface area contributed by atoms with Gasteiger partial charge in [-0.2, -0.15) is 0 Å². The molecule has 0 bridgehead atoms. The number of aromatic hydroxyl groups is 1. The fourth-order valence-electron chi connectivity index (χ4n) is 2.20. The van der Waals surface area contributed by atoms with Crippen LogP contribution in [0.2, 0.25) is 0 Å². The Labute approximate surface area is 129 Å². The van der Waals surface area contributed by atoms with E-state index in [1.165, 1.54) is 0 Å². The molecule has 0 spiro atoms. The van der Waals surface area contributed by atoms with Crippen molar-refractivity contribution in [1.29, 1.82) is 0 Å². The number of benzene rings is 2. The van der Waals surface area contributed by atoms with Crippen molar-refractivity contribution in [1.82, 2.24) is 5.32 Å². The van der Waals surface area contributed by atoms with Crippen LogP contribution in [0.5, 0.6) is 5.75 Å². The maximum absolute atomic E-state index is 12.3. The molecule has 0 atom stereocenters. The van der Waals surface area contributed by atoms with Gasteiger partial charge in [-0.1, -0.05) is 44.2 Å². The number of nitrogens with one attached hydrogen (secondary N) is 1.